The van der Waals surface area contributed by atoms with Gasteiger partial charge in [0.2, 0.25) is 11.8 Å². The largest absolute Gasteiger partial charge is 0.497 e. The number of methoxy groups -OCH3 is 1. The van der Waals surface area contributed by atoms with Crippen LogP contribution in [0, 0.1) is 5.92 Å². The second-order valence-corrected chi connectivity index (χ2v) is 13.9. The number of nitrogens with zero attached hydrogens (tertiary/aromatic N) is 2. The highest BCUT2D eigenvalue weighted by Crippen LogP contribution is 2.28. The number of carbonyl (C=O) groups excluding carboxylic acids is 2. The molecule has 0 bridgehead atoms. The highest BCUT2D eigenvalue weighted by Gasteiger charge is 2.34. The van der Waals surface area contributed by atoms with E-state index in [4.69, 9.17) is 21.1 Å². The van der Waals surface area contributed by atoms with Gasteiger partial charge in [-0.1, -0.05) is 67.9 Å². The van der Waals surface area contributed by atoms with Gasteiger partial charge < -0.3 is 19.7 Å². The van der Waals surface area contributed by atoms with Crippen molar-refractivity contribution in [3.05, 3.63) is 119 Å². The minimum absolute atomic E-state index is 0.0285. The number of amides is 2. The third-order valence-electron chi connectivity index (χ3n) is 7.56. The smallest absolute Gasteiger partial charge is 0.264 e. The van der Waals surface area contributed by atoms with E-state index in [1.807, 2.05) is 57.2 Å². The summed E-state index contributed by atoms with van der Waals surface area (Å²) in [5.74, 6) is 0.418. The number of nitrogens with one attached hydrogen (secondary N) is 1. The zero-order valence-corrected chi connectivity index (χ0v) is 29.2. The lowest BCUT2D eigenvalue weighted by Gasteiger charge is -2.34. The standard InChI is InChI=1S/C37H42ClN3O6S/c1-5-47-32-18-16-31(17-19-32)41(48(44,45)34-20-14-30(38)15-21-34)26-36(42)40(25-29-12-9-13-33(22-29)46-4)35(37(43)39-24-27(2)3)23-28-10-7-6-8-11-28/h6-22,27,35H,5,23-26H2,1-4H3,(H,39,43)/t35-/m1/s1. The fourth-order valence-electron chi connectivity index (χ4n) is 5.08. The molecule has 0 heterocycles. The van der Waals surface area contributed by atoms with E-state index in [-0.39, 0.29) is 35.4 Å². The Bertz CT molecular complexity index is 1750. The van der Waals surface area contributed by atoms with E-state index >= 15 is 0 Å². The number of hydrogen-bond acceptors (Lipinski definition) is 6. The molecule has 0 saturated carbocycles. The molecule has 0 radical (unpaired) electrons. The average molecular weight is 692 g/mol. The maximum atomic E-state index is 14.6. The summed E-state index contributed by atoms with van der Waals surface area (Å²) in [5.41, 5.74) is 1.82. The van der Waals surface area contributed by atoms with Crippen molar-refractivity contribution in [1.82, 2.24) is 10.2 Å². The topological polar surface area (TPSA) is 105 Å². The molecule has 4 aromatic rings. The Hall–Kier alpha value is -4.54. The summed E-state index contributed by atoms with van der Waals surface area (Å²) in [6.45, 7) is 6.13. The van der Waals surface area contributed by atoms with Gasteiger partial charge in [-0.3, -0.25) is 13.9 Å². The van der Waals surface area contributed by atoms with Crippen molar-refractivity contribution in [3.8, 4) is 11.5 Å². The van der Waals surface area contributed by atoms with Crippen LogP contribution in [-0.4, -0.2) is 58.0 Å². The first-order valence-corrected chi connectivity index (χ1v) is 17.6. The quantitative estimate of drug-likeness (QED) is 0.147. The first kappa shape index (κ1) is 36.3. The van der Waals surface area contributed by atoms with E-state index < -0.39 is 28.5 Å². The number of anilines is 1. The zero-order chi connectivity index (χ0) is 34.7. The van der Waals surface area contributed by atoms with Crippen LogP contribution in [0.3, 0.4) is 0 Å². The van der Waals surface area contributed by atoms with Gasteiger partial charge in [0.15, 0.2) is 0 Å². The lowest BCUT2D eigenvalue weighted by atomic mass is 10.0. The summed E-state index contributed by atoms with van der Waals surface area (Å²) < 4.78 is 40.5. The van der Waals surface area contributed by atoms with Crippen LogP contribution in [0.2, 0.25) is 5.02 Å². The van der Waals surface area contributed by atoms with E-state index in [0.717, 1.165) is 9.87 Å². The minimum Gasteiger partial charge on any atom is -0.497 e. The Morgan fingerprint density at radius 1 is 0.854 bits per heavy atom. The van der Waals surface area contributed by atoms with E-state index in [9.17, 15) is 18.0 Å². The lowest BCUT2D eigenvalue weighted by Crippen LogP contribution is -2.53. The van der Waals surface area contributed by atoms with Crippen LogP contribution in [0.25, 0.3) is 0 Å². The Morgan fingerprint density at radius 3 is 2.15 bits per heavy atom. The molecule has 0 unspecified atom stereocenters. The minimum atomic E-state index is -4.27. The second kappa shape index (κ2) is 17.0. The summed E-state index contributed by atoms with van der Waals surface area (Å²) in [5, 5.41) is 3.37. The molecule has 1 N–H and O–H groups in total. The van der Waals surface area contributed by atoms with E-state index in [1.54, 1.807) is 49.6 Å². The third kappa shape index (κ3) is 9.74. The van der Waals surface area contributed by atoms with Crippen molar-refractivity contribution in [3.63, 3.8) is 0 Å². The molecule has 0 aromatic heterocycles. The molecule has 4 aromatic carbocycles. The van der Waals surface area contributed by atoms with Crippen LogP contribution in [0.15, 0.2) is 108 Å². The summed E-state index contributed by atoms with van der Waals surface area (Å²) in [6.07, 6.45) is 0.216. The predicted molar refractivity (Wildman–Crippen MR) is 189 cm³/mol. The number of ether oxygens (including phenoxy) is 2. The Kier molecular flexibility index (Phi) is 12.9. The first-order valence-electron chi connectivity index (χ1n) is 15.8. The molecule has 0 aliphatic rings. The molecule has 11 heteroatoms. The van der Waals surface area contributed by atoms with E-state index in [1.165, 1.54) is 29.2 Å². The van der Waals surface area contributed by atoms with Crippen LogP contribution < -0.4 is 19.1 Å². The number of halogens is 1. The fourth-order valence-corrected chi connectivity index (χ4v) is 6.62. The molecule has 0 saturated heterocycles. The molecule has 4 rings (SSSR count). The van der Waals surface area contributed by atoms with E-state index in [0.29, 0.717) is 35.2 Å². The Balaban J connectivity index is 1.81. The molecule has 1 atom stereocenters. The molecule has 0 fully saturated rings. The molecule has 2 amide bonds. The Morgan fingerprint density at radius 2 is 1.52 bits per heavy atom. The summed E-state index contributed by atoms with van der Waals surface area (Å²) in [4.78, 5) is 30.0. The van der Waals surface area contributed by atoms with Gasteiger partial charge in [0.25, 0.3) is 10.0 Å². The molecule has 254 valence electrons. The predicted octanol–water partition coefficient (Wildman–Crippen LogP) is 6.35. The summed E-state index contributed by atoms with van der Waals surface area (Å²) in [6, 6.07) is 27.9. The van der Waals surface area contributed by atoms with Gasteiger partial charge in [0, 0.05) is 24.5 Å². The molecule has 0 aliphatic carbocycles. The molecular formula is C37H42ClN3O6S. The maximum Gasteiger partial charge on any atom is 0.264 e. The van der Waals surface area contributed by atoms with Crippen molar-refractivity contribution >= 4 is 39.1 Å². The summed E-state index contributed by atoms with van der Waals surface area (Å²) in [7, 11) is -2.72. The second-order valence-electron chi connectivity index (χ2n) is 11.6. The van der Waals surface area contributed by atoms with Crippen LogP contribution >= 0.6 is 11.6 Å². The van der Waals surface area contributed by atoms with Crippen LogP contribution in [0.4, 0.5) is 5.69 Å². The molecule has 9 nitrogen and oxygen atoms in total. The monoisotopic (exact) mass is 691 g/mol. The highest BCUT2D eigenvalue weighted by molar-refractivity contribution is 7.92. The van der Waals surface area contributed by atoms with Gasteiger partial charge in [-0.15, -0.1) is 0 Å². The van der Waals surface area contributed by atoms with Gasteiger partial charge in [0.1, 0.15) is 24.1 Å². The van der Waals surface area contributed by atoms with Crippen LogP contribution in [-0.2, 0) is 32.6 Å². The van der Waals surface area contributed by atoms with Gasteiger partial charge in [-0.05, 0) is 84.6 Å². The normalized spacial score (nSPS) is 11.9. The fraction of sp³-hybridized carbons (Fsp3) is 0.297. The van der Waals surface area contributed by atoms with Crippen molar-refractivity contribution in [2.45, 2.75) is 44.7 Å². The highest BCUT2D eigenvalue weighted by atomic mass is 35.5. The van der Waals surface area contributed by atoms with Crippen molar-refractivity contribution < 1.29 is 27.5 Å². The Labute approximate surface area is 288 Å². The molecule has 0 aliphatic heterocycles. The lowest BCUT2D eigenvalue weighted by molar-refractivity contribution is -0.140. The van der Waals surface area contributed by atoms with Crippen molar-refractivity contribution in [2.75, 3.05) is 31.1 Å². The summed E-state index contributed by atoms with van der Waals surface area (Å²) >= 11 is 6.08. The van der Waals surface area contributed by atoms with Crippen LogP contribution in [0.5, 0.6) is 11.5 Å². The molecular weight excluding hydrogens is 650 g/mol. The number of carbonyl (C=O) groups is 2. The average Bonchev–Trinajstić information content (AvgIpc) is 3.08. The van der Waals surface area contributed by atoms with Crippen molar-refractivity contribution in [2.24, 2.45) is 5.92 Å². The third-order valence-corrected chi connectivity index (χ3v) is 9.60. The number of rotatable bonds is 16. The first-order chi connectivity index (χ1) is 23.0. The van der Waals surface area contributed by atoms with Gasteiger partial charge in [-0.2, -0.15) is 0 Å². The van der Waals surface area contributed by atoms with Crippen molar-refractivity contribution in [1.29, 1.82) is 0 Å². The van der Waals surface area contributed by atoms with Gasteiger partial charge in [-0.25, -0.2) is 8.42 Å². The number of hydrogen-bond donors (Lipinski definition) is 1. The molecule has 0 spiro atoms. The van der Waals surface area contributed by atoms with E-state index in [2.05, 4.69) is 5.32 Å². The molecule has 48 heavy (non-hydrogen) atoms. The van der Waals surface area contributed by atoms with Crippen LogP contribution in [0.1, 0.15) is 31.9 Å². The van der Waals surface area contributed by atoms with Gasteiger partial charge in [0.05, 0.1) is 24.3 Å². The number of sulfonamides is 1. The maximum absolute atomic E-state index is 14.6. The number of benzene rings is 4. The van der Waals surface area contributed by atoms with Gasteiger partial charge >= 0.3 is 0 Å². The zero-order valence-electron chi connectivity index (χ0n) is 27.6. The SMILES string of the molecule is CCOc1ccc(N(CC(=O)N(Cc2cccc(OC)c2)[C@H](Cc2ccccc2)C(=O)NCC(C)C)S(=O)(=O)c2ccc(Cl)cc2)cc1.